The summed E-state index contributed by atoms with van der Waals surface area (Å²) in [5.41, 5.74) is 1.82. The number of para-hydroxylation sites is 1. The van der Waals surface area contributed by atoms with Crippen molar-refractivity contribution in [3.8, 4) is 0 Å². The molecule has 0 aliphatic carbocycles. The normalized spacial score (nSPS) is 19.5. The summed E-state index contributed by atoms with van der Waals surface area (Å²) in [5.74, 6) is -1.34. The number of likely N-dealkylation sites (tertiary alicyclic amines) is 3. The van der Waals surface area contributed by atoms with Gasteiger partial charge in [0.05, 0.1) is 29.7 Å². The molecule has 3 saturated heterocycles. The van der Waals surface area contributed by atoms with Crippen LogP contribution in [0.4, 0.5) is 10.5 Å². The number of hydrogen-bond acceptors (Lipinski definition) is 9. The Kier molecular flexibility index (Phi) is 19.3. The van der Waals surface area contributed by atoms with Crippen LogP contribution in [-0.2, 0) is 33.5 Å². The van der Waals surface area contributed by atoms with Gasteiger partial charge in [-0.05, 0) is 84.5 Å². The number of benzene rings is 2. The van der Waals surface area contributed by atoms with Crippen LogP contribution < -0.4 is 21.3 Å². The lowest BCUT2D eigenvalue weighted by molar-refractivity contribution is -0.152. The Bertz CT molecular complexity index is 1630. The van der Waals surface area contributed by atoms with E-state index in [0.717, 1.165) is 32.2 Å². The van der Waals surface area contributed by atoms with E-state index in [9.17, 15) is 33.6 Å². The largest absolute Gasteiger partial charge is 0.464 e. The van der Waals surface area contributed by atoms with Crippen LogP contribution in [0.1, 0.15) is 63.9 Å². The van der Waals surface area contributed by atoms with Gasteiger partial charge in [0.2, 0.25) is 23.6 Å². The third-order valence-corrected chi connectivity index (χ3v) is 9.95. The fraction of sp³-hybridized carbons (Fsp3) is 0.525. The predicted molar refractivity (Wildman–Crippen MR) is 213 cm³/mol. The van der Waals surface area contributed by atoms with E-state index in [1.165, 1.54) is 12.6 Å². The van der Waals surface area contributed by atoms with Crippen LogP contribution in [0.15, 0.2) is 54.6 Å². The number of nitrogens with zero attached hydrogens (tertiary/aromatic N) is 3. The smallest absolute Gasteiger partial charge is 0.323 e. The van der Waals surface area contributed by atoms with Crippen molar-refractivity contribution >= 4 is 59.2 Å². The molecule has 0 spiro atoms. The number of esters is 1. The molecule has 306 valence electrons. The van der Waals surface area contributed by atoms with Crippen LogP contribution in [0.25, 0.3) is 0 Å². The number of piperidine rings is 1. The Morgan fingerprint density at radius 1 is 0.857 bits per heavy atom. The lowest BCUT2D eigenvalue weighted by atomic mass is 9.99. The van der Waals surface area contributed by atoms with Crippen LogP contribution in [0, 0.1) is 6.92 Å². The molecule has 2 aromatic rings. The summed E-state index contributed by atoms with van der Waals surface area (Å²) >= 11 is 5.84. The predicted octanol–water partition coefficient (Wildman–Crippen LogP) is 3.29. The average molecular weight is 798 g/mol. The Labute approximate surface area is 334 Å². The molecule has 4 N–H and O–H groups in total. The standard InChI is InChI=1S/C23H36N4O6.C10H12ClN3O2.C7H8/c1-16(15-28)24-21(30)17-7-3-4-12-27(17)22(31)18-8-6-13-26(18)20(29)10-14-33-23(32)19-9-5-11-25(19)2;1-12-9(15)6-13-10(16)14-8-5-3-2-4-7(8)11;1-7-5-3-2-4-6-7/h15-19H,3-14H2,1-2H3,(H,24,30);2-5H,6H2,1H3,(H,12,15)(H2,13,14,16);2-6H,1H3. The van der Waals surface area contributed by atoms with Gasteiger partial charge in [-0.25, -0.2) is 4.79 Å². The van der Waals surface area contributed by atoms with E-state index in [0.29, 0.717) is 49.3 Å². The Balaban J connectivity index is 0.000000299. The minimum atomic E-state index is -0.629. The van der Waals surface area contributed by atoms with Crippen molar-refractivity contribution in [3.63, 3.8) is 0 Å². The number of anilines is 1. The Hall–Kier alpha value is -5.02. The fourth-order valence-corrected chi connectivity index (χ4v) is 6.72. The average Bonchev–Trinajstić information content (AvgIpc) is 3.88. The number of aryl methyl sites for hydroxylation is 1. The molecule has 5 rings (SSSR count). The van der Waals surface area contributed by atoms with E-state index >= 15 is 0 Å². The second-order valence-electron chi connectivity index (χ2n) is 13.9. The molecule has 3 aliphatic rings. The van der Waals surface area contributed by atoms with Crippen LogP contribution >= 0.6 is 11.6 Å². The fourth-order valence-electron chi connectivity index (χ4n) is 6.54. The molecule has 16 heteroatoms. The first kappa shape index (κ1) is 45.4. The molecule has 0 aromatic heterocycles. The number of carbonyl (C=O) groups excluding carboxylic acids is 7. The maximum absolute atomic E-state index is 13.4. The number of amides is 6. The lowest BCUT2D eigenvalue weighted by Gasteiger charge is -2.38. The van der Waals surface area contributed by atoms with Crippen LogP contribution in [0.3, 0.4) is 0 Å². The van der Waals surface area contributed by atoms with Crippen LogP contribution in [0.2, 0.25) is 5.02 Å². The number of likely N-dealkylation sites (N-methyl/N-ethyl adjacent to an activating group) is 2. The van der Waals surface area contributed by atoms with Crippen LogP contribution in [-0.4, -0.2) is 128 Å². The summed E-state index contributed by atoms with van der Waals surface area (Å²) in [6.45, 7) is 5.39. The topological polar surface area (TPSA) is 187 Å². The maximum Gasteiger partial charge on any atom is 0.323 e. The van der Waals surface area contributed by atoms with Crippen molar-refractivity contribution in [1.29, 1.82) is 0 Å². The van der Waals surface area contributed by atoms with E-state index in [4.69, 9.17) is 16.3 Å². The van der Waals surface area contributed by atoms with Gasteiger partial charge < -0.3 is 40.6 Å². The van der Waals surface area contributed by atoms with Gasteiger partial charge in [-0.15, -0.1) is 0 Å². The molecule has 4 unspecified atom stereocenters. The van der Waals surface area contributed by atoms with Crippen molar-refractivity contribution in [1.82, 2.24) is 30.7 Å². The highest BCUT2D eigenvalue weighted by Gasteiger charge is 2.41. The molecule has 56 heavy (non-hydrogen) atoms. The third kappa shape index (κ3) is 14.6. The first-order valence-corrected chi connectivity index (χ1v) is 19.5. The van der Waals surface area contributed by atoms with Gasteiger partial charge >= 0.3 is 12.0 Å². The van der Waals surface area contributed by atoms with Gasteiger partial charge in [0.1, 0.15) is 31.0 Å². The number of ether oxygens (including phenoxy) is 1. The molecular weight excluding hydrogens is 742 g/mol. The van der Waals surface area contributed by atoms with Gasteiger partial charge in [-0.1, -0.05) is 59.6 Å². The highest BCUT2D eigenvalue weighted by Crippen LogP contribution is 2.26. The summed E-state index contributed by atoms with van der Waals surface area (Å²) in [6.07, 6.45) is 5.83. The van der Waals surface area contributed by atoms with Crippen molar-refractivity contribution < 1.29 is 38.3 Å². The number of rotatable bonds is 11. The van der Waals surface area contributed by atoms with E-state index < -0.39 is 24.2 Å². The SMILES string of the molecule is CC(C=O)NC(=O)C1CCCCN1C(=O)C1CCCN1C(=O)CCOC(=O)C1CCCN1C.CNC(=O)CNC(=O)Nc1ccccc1Cl.Cc1ccccc1. The number of carbonyl (C=O) groups is 7. The zero-order chi connectivity index (χ0) is 41.0. The molecular formula is C40H56ClN7O8. The molecule has 0 saturated carbocycles. The van der Waals surface area contributed by atoms with Gasteiger partial charge in [-0.3, -0.25) is 28.9 Å². The van der Waals surface area contributed by atoms with Gasteiger partial charge in [0, 0.05) is 20.1 Å². The molecule has 3 heterocycles. The summed E-state index contributed by atoms with van der Waals surface area (Å²) < 4.78 is 5.33. The summed E-state index contributed by atoms with van der Waals surface area (Å²) in [5, 5.41) is 10.4. The van der Waals surface area contributed by atoms with Crippen molar-refractivity contribution in [3.05, 3.63) is 65.2 Å². The summed E-state index contributed by atoms with van der Waals surface area (Å²) in [4.78, 5) is 89.3. The third-order valence-electron chi connectivity index (χ3n) is 9.62. The highest BCUT2D eigenvalue weighted by molar-refractivity contribution is 6.33. The molecule has 6 amide bonds. The maximum atomic E-state index is 13.4. The molecule has 2 aromatic carbocycles. The minimum Gasteiger partial charge on any atom is -0.464 e. The molecule has 3 aliphatic heterocycles. The number of urea groups is 1. The number of halogens is 1. The molecule has 4 atom stereocenters. The van der Waals surface area contributed by atoms with Crippen LogP contribution in [0.5, 0.6) is 0 Å². The van der Waals surface area contributed by atoms with Crippen molar-refractivity contribution in [2.75, 3.05) is 52.2 Å². The Morgan fingerprint density at radius 2 is 1.50 bits per heavy atom. The lowest BCUT2D eigenvalue weighted by Crippen LogP contribution is -2.57. The van der Waals surface area contributed by atoms with Gasteiger partial charge in [0.15, 0.2) is 0 Å². The Morgan fingerprint density at radius 3 is 2.12 bits per heavy atom. The summed E-state index contributed by atoms with van der Waals surface area (Å²) in [7, 11) is 3.38. The molecule has 15 nitrogen and oxygen atoms in total. The number of hydrogen-bond donors (Lipinski definition) is 4. The monoisotopic (exact) mass is 797 g/mol. The van der Waals surface area contributed by atoms with E-state index in [1.807, 2.05) is 30.1 Å². The van der Waals surface area contributed by atoms with Gasteiger partial charge in [-0.2, -0.15) is 0 Å². The van der Waals surface area contributed by atoms with E-state index in [1.54, 1.807) is 41.0 Å². The highest BCUT2D eigenvalue weighted by atomic mass is 35.5. The molecule has 0 bridgehead atoms. The van der Waals surface area contributed by atoms with E-state index in [-0.39, 0.29) is 55.2 Å². The summed E-state index contributed by atoms with van der Waals surface area (Å²) in [6, 6.07) is 14.5. The second kappa shape index (κ2) is 23.8. The number of aldehydes is 1. The van der Waals surface area contributed by atoms with Crippen molar-refractivity contribution in [2.24, 2.45) is 0 Å². The first-order valence-electron chi connectivity index (χ1n) is 19.1. The van der Waals surface area contributed by atoms with Crippen molar-refractivity contribution in [2.45, 2.75) is 89.4 Å². The number of nitrogens with one attached hydrogen (secondary N) is 4. The quantitative estimate of drug-likeness (QED) is 0.196. The van der Waals surface area contributed by atoms with E-state index in [2.05, 4.69) is 40.3 Å². The first-order chi connectivity index (χ1) is 26.9. The zero-order valence-corrected chi connectivity index (χ0v) is 33.5. The molecule has 0 radical (unpaired) electrons. The molecule has 3 fully saturated rings. The minimum absolute atomic E-state index is 0.00224. The zero-order valence-electron chi connectivity index (χ0n) is 32.8. The second-order valence-corrected chi connectivity index (χ2v) is 14.3. The van der Waals surface area contributed by atoms with Gasteiger partial charge in [0.25, 0.3) is 0 Å².